The van der Waals surface area contributed by atoms with Gasteiger partial charge in [0, 0.05) is 11.8 Å². The van der Waals surface area contributed by atoms with Gasteiger partial charge >= 0.3 is 6.18 Å². The van der Waals surface area contributed by atoms with Gasteiger partial charge in [-0.25, -0.2) is 0 Å². The average Bonchev–Trinajstić information content (AvgIpc) is 3.04. The van der Waals surface area contributed by atoms with E-state index in [1.54, 1.807) is 6.07 Å². The van der Waals surface area contributed by atoms with E-state index in [1.807, 2.05) is 45.0 Å². The number of nitrogens with one attached hydrogen (secondary N) is 2. The van der Waals surface area contributed by atoms with Crippen molar-refractivity contribution in [1.29, 1.82) is 0 Å². The fourth-order valence-corrected chi connectivity index (χ4v) is 3.48. The summed E-state index contributed by atoms with van der Waals surface area (Å²) in [6.45, 7) is 11.7. The second-order valence-corrected chi connectivity index (χ2v) is 9.69. The number of fused-ring (bicyclic) bond motifs is 1. The molecule has 11 heteroatoms. The molecule has 1 unspecified atom stereocenters. The lowest BCUT2D eigenvalue weighted by atomic mass is 10.0. The number of para-hydroxylation sites is 1. The van der Waals surface area contributed by atoms with Crippen molar-refractivity contribution in [1.82, 2.24) is 10.3 Å². The van der Waals surface area contributed by atoms with Crippen LogP contribution >= 0.6 is 0 Å². The second-order valence-electron chi connectivity index (χ2n) is 9.69. The van der Waals surface area contributed by atoms with Gasteiger partial charge in [-0.3, -0.25) is 14.6 Å². The number of alkyl halides is 3. The number of unbranched alkanes of at least 4 members (excludes halogenated alkanes) is 1. The Morgan fingerprint density at radius 3 is 1.98 bits per heavy atom. The molecule has 0 spiro atoms. The van der Waals surface area contributed by atoms with Crippen molar-refractivity contribution < 1.29 is 22.8 Å². The maximum absolute atomic E-state index is 13.1. The topological polar surface area (TPSA) is 149 Å². The molecule has 0 aliphatic rings. The molecule has 2 aromatic carbocycles. The molecule has 0 aliphatic carbocycles. The molecule has 0 fully saturated rings. The number of nitrogens with zero attached hydrogens (tertiary/aromatic N) is 1. The summed E-state index contributed by atoms with van der Waals surface area (Å²) in [7, 11) is 0. The molecule has 0 aliphatic heterocycles. The Morgan fingerprint density at radius 2 is 1.45 bits per heavy atom. The summed E-state index contributed by atoms with van der Waals surface area (Å²) in [5, 5.41) is 6.22. The van der Waals surface area contributed by atoms with Gasteiger partial charge in [-0.2, -0.15) is 13.2 Å². The summed E-state index contributed by atoms with van der Waals surface area (Å²) in [6, 6.07) is 11.8. The molecule has 44 heavy (non-hydrogen) atoms. The van der Waals surface area contributed by atoms with Crippen LogP contribution in [-0.4, -0.2) is 42.0 Å². The Labute approximate surface area is 260 Å². The Balaban J connectivity index is 0.00000162. The monoisotopic (exact) mass is 620 g/mol. The standard InChI is InChI=1S/C25H27F3N4O2.2C3H9N.C2H6/c1-2-3-7-20(29)23(33)32-22(13-16-9-11-18(12-10-16)25(26,27)28)24(34)31-19-14-17-6-4-5-8-21(17)30-15-19;2*1-2-3-4;1-2/h4-6,8-12,14-15,20,22H,2-3,7,13,29H2,1H3,(H,31,34)(H,32,33);2*2-4H2,1H3;1-2H3/t20?,22-;;;/m1.../s1. The first-order valence-corrected chi connectivity index (χ1v) is 15.3. The largest absolute Gasteiger partial charge is 0.416 e. The number of rotatable bonds is 11. The first-order chi connectivity index (χ1) is 21.0. The Hall–Kier alpha value is -3.54. The van der Waals surface area contributed by atoms with E-state index in [0.717, 1.165) is 61.8 Å². The highest BCUT2D eigenvalue weighted by Gasteiger charge is 2.30. The van der Waals surface area contributed by atoms with Gasteiger partial charge in [-0.1, -0.05) is 77.8 Å². The fraction of sp³-hybridized carbons (Fsp3) is 0.485. The van der Waals surface area contributed by atoms with Gasteiger partial charge in [0.25, 0.3) is 0 Å². The highest BCUT2D eigenvalue weighted by Crippen LogP contribution is 2.29. The van der Waals surface area contributed by atoms with Crippen molar-refractivity contribution in [2.75, 3.05) is 18.4 Å². The minimum Gasteiger partial charge on any atom is -0.343 e. The molecule has 0 bridgehead atoms. The van der Waals surface area contributed by atoms with Gasteiger partial charge in [-0.05, 0) is 62.2 Å². The molecule has 0 saturated heterocycles. The van der Waals surface area contributed by atoms with Gasteiger partial charge in [0.2, 0.25) is 11.8 Å². The Bertz CT molecular complexity index is 1200. The Morgan fingerprint density at radius 1 is 0.886 bits per heavy atom. The number of carbonyl (C=O) groups is 2. The van der Waals surface area contributed by atoms with Crippen LogP contribution in [0.1, 0.15) is 77.8 Å². The summed E-state index contributed by atoms with van der Waals surface area (Å²) < 4.78 is 38.7. The van der Waals surface area contributed by atoms with Gasteiger partial charge in [0.05, 0.1) is 29.0 Å². The fourth-order valence-electron chi connectivity index (χ4n) is 3.48. The molecule has 246 valence electrons. The molecule has 3 rings (SSSR count). The molecule has 8 N–H and O–H groups in total. The second kappa shape index (κ2) is 22.9. The van der Waals surface area contributed by atoms with Crippen LogP contribution in [-0.2, 0) is 22.2 Å². The van der Waals surface area contributed by atoms with Crippen LogP contribution in [0.5, 0.6) is 0 Å². The zero-order valence-corrected chi connectivity index (χ0v) is 26.7. The molecule has 2 amide bonds. The van der Waals surface area contributed by atoms with Crippen molar-refractivity contribution in [3.8, 4) is 0 Å². The third-order valence-electron chi connectivity index (χ3n) is 5.99. The van der Waals surface area contributed by atoms with Crippen molar-refractivity contribution >= 4 is 28.4 Å². The number of pyridine rings is 1. The van der Waals surface area contributed by atoms with E-state index >= 15 is 0 Å². The summed E-state index contributed by atoms with van der Waals surface area (Å²) in [5.74, 6) is -1.01. The highest BCUT2D eigenvalue weighted by molar-refractivity contribution is 5.99. The van der Waals surface area contributed by atoms with E-state index in [1.165, 1.54) is 18.3 Å². The molecular formula is C33H51F3N6O2. The minimum atomic E-state index is -4.46. The first-order valence-electron chi connectivity index (χ1n) is 15.3. The van der Waals surface area contributed by atoms with Gasteiger partial charge < -0.3 is 27.8 Å². The smallest absolute Gasteiger partial charge is 0.343 e. The van der Waals surface area contributed by atoms with Crippen LogP contribution in [0.4, 0.5) is 18.9 Å². The molecule has 0 saturated carbocycles. The molecule has 1 heterocycles. The number of benzene rings is 2. The van der Waals surface area contributed by atoms with Crippen LogP contribution in [0.3, 0.4) is 0 Å². The summed E-state index contributed by atoms with van der Waals surface area (Å²) in [5.41, 5.74) is 16.9. The minimum absolute atomic E-state index is 0.00276. The SMILES string of the molecule is CC.CCCCC(N)C(=O)N[C@H](Cc1ccc(C(F)(F)F)cc1)C(=O)Nc1cnc2ccccc2c1.CCCN.CCCN. The van der Waals surface area contributed by atoms with Crippen LogP contribution in [0.2, 0.25) is 0 Å². The lowest BCUT2D eigenvalue weighted by Crippen LogP contribution is -2.50. The zero-order chi connectivity index (χ0) is 33.5. The Kier molecular flexibility index (Phi) is 21.1. The predicted molar refractivity (Wildman–Crippen MR) is 175 cm³/mol. The summed E-state index contributed by atoms with van der Waals surface area (Å²) >= 11 is 0. The van der Waals surface area contributed by atoms with Crippen molar-refractivity contribution in [2.45, 2.75) is 91.4 Å². The third-order valence-corrected chi connectivity index (χ3v) is 5.99. The van der Waals surface area contributed by atoms with E-state index in [4.69, 9.17) is 17.2 Å². The summed E-state index contributed by atoms with van der Waals surface area (Å²) in [4.78, 5) is 30.0. The molecule has 1 aromatic heterocycles. The first kappa shape index (κ1) is 40.5. The zero-order valence-electron chi connectivity index (χ0n) is 26.7. The maximum Gasteiger partial charge on any atom is 0.416 e. The molecule has 0 radical (unpaired) electrons. The summed E-state index contributed by atoms with van der Waals surface area (Å²) in [6.07, 6.45) is 1.32. The maximum atomic E-state index is 13.1. The molecule has 8 nitrogen and oxygen atoms in total. The van der Waals surface area contributed by atoms with Crippen molar-refractivity contribution in [3.05, 3.63) is 71.9 Å². The number of hydrogen-bond acceptors (Lipinski definition) is 6. The number of nitrogens with two attached hydrogens (primary N) is 3. The lowest BCUT2D eigenvalue weighted by Gasteiger charge is -2.21. The number of anilines is 1. The quantitative estimate of drug-likeness (QED) is 0.173. The van der Waals surface area contributed by atoms with Gasteiger partial charge in [0.15, 0.2) is 0 Å². The van der Waals surface area contributed by atoms with E-state index in [2.05, 4.69) is 29.5 Å². The van der Waals surface area contributed by atoms with Crippen LogP contribution in [0.25, 0.3) is 10.9 Å². The van der Waals surface area contributed by atoms with E-state index < -0.39 is 35.6 Å². The van der Waals surface area contributed by atoms with Crippen LogP contribution in [0, 0.1) is 0 Å². The number of halogens is 3. The molecular weight excluding hydrogens is 569 g/mol. The average molecular weight is 621 g/mol. The van der Waals surface area contributed by atoms with Crippen LogP contribution < -0.4 is 27.8 Å². The van der Waals surface area contributed by atoms with E-state index in [-0.39, 0.29) is 6.42 Å². The normalized spacial score (nSPS) is 11.8. The van der Waals surface area contributed by atoms with Crippen molar-refractivity contribution in [3.63, 3.8) is 0 Å². The van der Waals surface area contributed by atoms with Crippen molar-refractivity contribution in [2.24, 2.45) is 17.2 Å². The number of amides is 2. The lowest BCUT2D eigenvalue weighted by molar-refractivity contribution is -0.137. The molecule has 2 atom stereocenters. The highest BCUT2D eigenvalue weighted by atomic mass is 19.4. The van der Waals surface area contributed by atoms with Crippen LogP contribution in [0.15, 0.2) is 60.8 Å². The molecule has 3 aromatic rings. The third kappa shape index (κ3) is 15.8. The van der Waals surface area contributed by atoms with Gasteiger partial charge in [0.1, 0.15) is 6.04 Å². The van der Waals surface area contributed by atoms with Gasteiger partial charge in [-0.15, -0.1) is 0 Å². The predicted octanol–water partition coefficient (Wildman–Crippen LogP) is 6.17. The number of aromatic nitrogens is 1. The number of carbonyl (C=O) groups excluding carboxylic acids is 2. The van der Waals surface area contributed by atoms with E-state index in [0.29, 0.717) is 17.7 Å². The number of hydrogen-bond donors (Lipinski definition) is 5. The van der Waals surface area contributed by atoms with E-state index in [9.17, 15) is 22.8 Å².